The number of nitrogens with zero attached hydrogens (tertiary/aromatic N) is 2. The van der Waals surface area contributed by atoms with Crippen LogP contribution in [0.5, 0.6) is 0 Å². The molecule has 0 saturated heterocycles. The Kier molecular flexibility index (Phi) is 4.42. The lowest BCUT2D eigenvalue weighted by Gasteiger charge is -2.07. The van der Waals surface area contributed by atoms with Crippen LogP contribution in [-0.2, 0) is 0 Å². The molecule has 7 aromatic rings. The van der Waals surface area contributed by atoms with E-state index in [1.54, 1.807) is 18.2 Å². The molecule has 4 heteroatoms. The zero-order valence-electron chi connectivity index (χ0n) is 19.3. The molecule has 2 aromatic heterocycles. The Labute approximate surface area is 205 Å². The minimum Gasteiger partial charge on any atom is -0.309 e. The van der Waals surface area contributed by atoms with Crippen LogP contribution in [-0.4, -0.2) is 9.13 Å². The average molecular weight is 465 g/mol. The van der Waals surface area contributed by atoms with Crippen molar-refractivity contribution in [2.75, 3.05) is 0 Å². The van der Waals surface area contributed by atoms with Gasteiger partial charge in [0.1, 0.15) is 0 Å². The summed E-state index contributed by atoms with van der Waals surface area (Å²) < 4.78 is 3.50. The molecule has 5 aromatic carbocycles. The molecule has 2 heterocycles. The van der Waals surface area contributed by atoms with Gasteiger partial charge in [-0.25, -0.2) is 4.57 Å². The molecule has 0 amide bonds. The van der Waals surface area contributed by atoms with E-state index in [9.17, 15) is 9.59 Å². The van der Waals surface area contributed by atoms with Crippen LogP contribution in [0.2, 0.25) is 0 Å². The van der Waals surface area contributed by atoms with E-state index in [2.05, 4.69) is 34.9 Å². The molecule has 0 aliphatic carbocycles. The first-order chi connectivity index (χ1) is 17.7. The standard InChI is InChI=1S/C32H20N2O2/c35-31-25-16-8-7-15-23(25)24-19-20-28-29(30(24)32(36)34(31)22-13-5-2-6-14-22)26-17-9-10-18-27(26)33(28)21-11-3-1-4-12-21/h1-20H. The van der Waals surface area contributed by atoms with Crippen molar-refractivity contribution in [3.63, 3.8) is 0 Å². The van der Waals surface area contributed by atoms with E-state index in [4.69, 9.17) is 0 Å². The minimum atomic E-state index is -0.321. The molecule has 0 saturated carbocycles. The van der Waals surface area contributed by atoms with E-state index in [0.29, 0.717) is 16.5 Å². The quantitative estimate of drug-likeness (QED) is 0.289. The molecule has 0 unspecified atom stereocenters. The Morgan fingerprint density at radius 2 is 0.917 bits per heavy atom. The lowest BCUT2D eigenvalue weighted by Crippen LogP contribution is -2.28. The first-order valence-corrected chi connectivity index (χ1v) is 11.9. The first-order valence-electron chi connectivity index (χ1n) is 11.9. The first kappa shape index (κ1) is 20.4. The van der Waals surface area contributed by atoms with Gasteiger partial charge in [0.25, 0.3) is 11.1 Å². The van der Waals surface area contributed by atoms with Crippen molar-refractivity contribution in [3.8, 4) is 11.4 Å². The average Bonchev–Trinajstić information content (AvgIpc) is 3.23. The minimum absolute atomic E-state index is 0.320. The summed E-state index contributed by atoms with van der Waals surface area (Å²) >= 11 is 0. The second-order valence-electron chi connectivity index (χ2n) is 8.90. The van der Waals surface area contributed by atoms with Crippen LogP contribution < -0.4 is 11.1 Å². The summed E-state index contributed by atoms with van der Waals surface area (Å²) in [5.41, 5.74) is 2.86. The highest BCUT2D eigenvalue weighted by Gasteiger charge is 2.19. The van der Waals surface area contributed by atoms with E-state index in [1.165, 1.54) is 4.57 Å². The van der Waals surface area contributed by atoms with E-state index >= 15 is 0 Å². The van der Waals surface area contributed by atoms with E-state index < -0.39 is 0 Å². The fourth-order valence-electron chi connectivity index (χ4n) is 5.40. The number of hydrogen-bond donors (Lipinski definition) is 0. The third-order valence-electron chi connectivity index (χ3n) is 6.94. The van der Waals surface area contributed by atoms with Gasteiger partial charge in [0.15, 0.2) is 0 Å². The van der Waals surface area contributed by atoms with Crippen LogP contribution in [0.3, 0.4) is 0 Å². The van der Waals surface area contributed by atoms with Gasteiger partial charge in [0.2, 0.25) is 0 Å². The molecule has 0 fully saturated rings. The molecule has 0 aliphatic rings. The Morgan fingerprint density at radius 1 is 0.361 bits per heavy atom. The van der Waals surface area contributed by atoms with Crippen LogP contribution in [0.15, 0.2) is 131 Å². The Morgan fingerprint density at radius 3 is 1.61 bits per heavy atom. The number of aromatic nitrogens is 2. The highest BCUT2D eigenvalue weighted by molar-refractivity contribution is 6.24. The number of benzene rings is 5. The fourth-order valence-corrected chi connectivity index (χ4v) is 5.40. The number of rotatable bonds is 2. The van der Waals surface area contributed by atoms with Gasteiger partial charge in [-0.05, 0) is 53.2 Å². The van der Waals surface area contributed by atoms with Crippen molar-refractivity contribution >= 4 is 43.4 Å². The maximum Gasteiger partial charge on any atom is 0.266 e. The normalized spacial score (nSPS) is 11.6. The van der Waals surface area contributed by atoms with Gasteiger partial charge in [-0.2, -0.15) is 0 Å². The lowest BCUT2D eigenvalue weighted by molar-refractivity contribution is 0.977. The van der Waals surface area contributed by atoms with Crippen LogP contribution >= 0.6 is 0 Å². The number of fused-ring (bicyclic) bond motifs is 7. The molecule has 0 aliphatic heterocycles. The van der Waals surface area contributed by atoms with Crippen molar-refractivity contribution in [3.05, 3.63) is 142 Å². The van der Waals surface area contributed by atoms with Crippen LogP contribution in [0, 0.1) is 0 Å². The zero-order valence-corrected chi connectivity index (χ0v) is 19.3. The van der Waals surface area contributed by atoms with Crippen molar-refractivity contribution < 1.29 is 0 Å². The molecule has 0 bridgehead atoms. The number of hydrogen-bond acceptors (Lipinski definition) is 2. The third kappa shape index (κ3) is 2.82. The summed E-state index contributed by atoms with van der Waals surface area (Å²) in [6.07, 6.45) is 0. The Hall–Kier alpha value is -4.96. The topological polar surface area (TPSA) is 44.0 Å². The summed E-state index contributed by atoms with van der Waals surface area (Å²) in [7, 11) is 0. The molecular weight excluding hydrogens is 444 g/mol. The molecular formula is C32H20N2O2. The molecule has 0 atom stereocenters. The lowest BCUT2D eigenvalue weighted by atomic mass is 10.0. The maximum absolute atomic E-state index is 14.4. The summed E-state index contributed by atoms with van der Waals surface area (Å²) in [6.45, 7) is 0. The van der Waals surface area contributed by atoms with Crippen molar-refractivity contribution in [1.82, 2.24) is 9.13 Å². The van der Waals surface area contributed by atoms with Crippen molar-refractivity contribution in [2.45, 2.75) is 0 Å². The van der Waals surface area contributed by atoms with Crippen LogP contribution in [0.4, 0.5) is 0 Å². The summed E-state index contributed by atoms with van der Waals surface area (Å²) in [6, 6.07) is 39.0. The Balaban J connectivity index is 1.82. The maximum atomic E-state index is 14.4. The van der Waals surface area contributed by atoms with Gasteiger partial charge >= 0.3 is 0 Å². The van der Waals surface area contributed by atoms with Gasteiger partial charge in [0.05, 0.1) is 22.1 Å². The highest BCUT2D eigenvalue weighted by Crippen LogP contribution is 2.36. The van der Waals surface area contributed by atoms with E-state index in [1.807, 2.05) is 72.8 Å². The molecule has 4 nitrogen and oxygen atoms in total. The molecule has 36 heavy (non-hydrogen) atoms. The second kappa shape index (κ2) is 7.79. The van der Waals surface area contributed by atoms with Gasteiger partial charge in [-0.3, -0.25) is 9.59 Å². The zero-order chi connectivity index (χ0) is 24.2. The SMILES string of the molecule is O=c1c2ccccc2c2ccc3c(c4ccccc4n3-c3ccccc3)c2c(=O)n1-c1ccccc1. The van der Waals surface area contributed by atoms with Gasteiger partial charge in [-0.15, -0.1) is 0 Å². The molecule has 7 rings (SSSR count). The summed E-state index contributed by atoms with van der Waals surface area (Å²) in [5.74, 6) is 0. The fraction of sp³-hybridized carbons (Fsp3) is 0. The summed E-state index contributed by atoms with van der Waals surface area (Å²) in [5, 5.41) is 4.41. The molecule has 0 radical (unpaired) electrons. The van der Waals surface area contributed by atoms with Crippen molar-refractivity contribution in [2.24, 2.45) is 0 Å². The van der Waals surface area contributed by atoms with E-state index in [-0.39, 0.29) is 11.1 Å². The van der Waals surface area contributed by atoms with Gasteiger partial charge < -0.3 is 4.57 Å². The van der Waals surface area contributed by atoms with E-state index in [0.717, 1.165) is 38.3 Å². The van der Waals surface area contributed by atoms with Gasteiger partial charge in [0, 0.05) is 21.8 Å². The van der Waals surface area contributed by atoms with Gasteiger partial charge in [-0.1, -0.05) is 78.9 Å². The smallest absolute Gasteiger partial charge is 0.266 e. The van der Waals surface area contributed by atoms with Crippen LogP contribution in [0.25, 0.3) is 54.7 Å². The molecule has 0 spiro atoms. The molecule has 170 valence electrons. The predicted octanol–water partition coefficient (Wildman–Crippen LogP) is 6.60. The second-order valence-corrected chi connectivity index (χ2v) is 8.90. The third-order valence-corrected chi connectivity index (χ3v) is 6.94. The van der Waals surface area contributed by atoms with Crippen molar-refractivity contribution in [1.29, 1.82) is 0 Å². The Bertz CT molecular complexity index is 2070. The monoisotopic (exact) mass is 464 g/mol. The molecule has 0 N–H and O–H groups in total. The largest absolute Gasteiger partial charge is 0.309 e. The highest BCUT2D eigenvalue weighted by atomic mass is 16.2. The summed E-state index contributed by atoms with van der Waals surface area (Å²) in [4.78, 5) is 28.3. The predicted molar refractivity (Wildman–Crippen MR) is 148 cm³/mol. The van der Waals surface area contributed by atoms with Crippen LogP contribution in [0.1, 0.15) is 0 Å². The number of para-hydroxylation sites is 3.